The molecule has 0 atom stereocenters. The van der Waals surface area contributed by atoms with Crippen molar-refractivity contribution in [2.75, 3.05) is 26.2 Å². The molecule has 0 aromatic heterocycles. The number of rotatable bonds is 8. The van der Waals surface area contributed by atoms with E-state index in [0.717, 1.165) is 19.3 Å². The summed E-state index contributed by atoms with van der Waals surface area (Å²) in [6.45, 7) is 1.78. The molecule has 1 amide bonds. The zero-order valence-electron chi connectivity index (χ0n) is 12.6. The molecule has 4 nitrogen and oxygen atoms in total. The lowest BCUT2D eigenvalue weighted by atomic mass is 10.1. The van der Waals surface area contributed by atoms with Gasteiger partial charge in [0.15, 0.2) is 0 Å². The van der Waals surface area contributed by atoms with Gasteiger partial charge in [-0.25, -0.2) is 0 Å². The summed E-state index contributed by atoms with van der Waals surface area (Å²) in [4.78, 5) is 14.2. The van der Waals surface area contributed by atoms with Crippen molar-refractivity contribution in [2.45, 2.75) is 38.1 Å². The smallest absolute Gasteiger partial charge is 0.234 e. The number of carbonyl (C=O) groups excluding carboxylic acids is 1. The Balaban J connectivity index is 1.71. The van der Waals surface area contributed by atoms with E-state index in [1.807, 2.05) is 18.2 Å². The number of carbonyl (C=O) groups is 1. The van der Waals surface area contributed by atoms with Crippen LogP contribution in [0.2, 0.25) is 0 Å². The van der Waals surface area contributed by atoms with E-state index in [1.165, 1.54) is 18.4 Å². The van der Waals surface area contributed by atoms with E-state index in [0.29, 0.717) is 25.7 Å². The summed E-state index contributed by atoms with van der Waals surface area (Å²) in [7, 11) is 0. The van der Waals surface area contributed by atoms with Gasteiger partial charge in [-0.2, -0.15) is 0 Å². The molecule has 0 bridgehead atoms. The fourth-order valence-corrected chi connectivity index (χ4v) is 3.02. The van der Waals surface area contributed by atoms with Crippen molar-refractivity contribution in [1.29, 1.82) is 0 Å². The molecule has 1 aromatic rings. The maximum atomic E-state index is 12.0. The maximum Gasteiger partial charge on any atom is 0.234 e. The van der Waals surface area contributed by atoms with Gasteiger partial charge in [0.05, 0.1) is 13.2 Å². The molecule has 0 radical (unpaired) electrons. The Labute approximate surface area is 127 Å². The van der Waals surface area contributed by atoms with Crippen molar-refractivity contribution >= 4 is 5.91 Å². The standard InChI is InChI=1S/C17H26N2O2/c20-13-12-19(16-8-4-5-9-16)14-17(21)18-11-10-15-6-2-1-3-7-15/h1-3,6-7,16,20H,4-5,8-14H2,(H,18,21). The minimum atomic E-state index is 0.0614. The van der Waals surface area contributed by atoms with E-state index in [4.69, 9.17) is 5.11 Å². The molecular formula is C17H26N2O2. The van der Waals surface area contributed by atoms with E-state index < -0.39 is 0 Å². The fourth-order valence-electron chi connectivity index (χ4n) is 3.02. The molecule has 1 aliphatic carbocycles. The van der Waals surface area contributed by atoms with Crippen LogP contribution in [0.4, 0.5) is 0 Å². The van der Waals surface area contributed by atoms with Crippen molar-refractivity contribution in [3.63, 3.8) is 0 Å². The van der Waals surface area contributed by atoms with Crippen molar-refractivity contribution in [3.05, 3.63) is 35.9 Å². The van der Waals surface area contributed by atoms with Crippen molar-refractivity contribution in [2.24, 2.45) is 0 Å². The van der Waals surface area contributed by atoms with Crippen LogP contribution in [0.15, 0.2) is 30.3 Å². The Morgan fingerprint density at radius 3 is 2.62 bits per heavy atom. The van der Waals surface area contributed by atoms with E-state index >= 15 is 0 Å². The molecule has 2 N–H and O–H groups in total. The summed E-state index contributed by atoms with van der Waals surface area (Å²) in [6, 6.07) is 10.6. The quantitative estimate of drug-likeness (QED) is 0.764. The van der Waals surface area contributed by atoms with Crippen LogP contribution in [0.5, 0.6) is 0 Å². The molecule has 1 aliphatic rings. The molecule has 2 rings (SSSR count). The number of amides is 1. The highest BCUT2D eigenvalue weighted by atomic mass is 16.3. The summed E-state index contributed by atoms with van der Waals surface area (Å²) in [5.74, 6) is 0.0614. The Kier molecular flexibility index (Phi) is 6.70. The largest absolute Gasteiger partial charge is 0.395 e. The highest BCUT2D eigenvalue weighted by Gasteiger charge is 2.23. The van der Waals surface area contributed by atoms with E-state index in [-0.39, 0.29) is 12.5 Å². The Morgan fingerprint density at radius 2 is 1.95 bits per heavy atom. The van der Waals surface area contributed by atoms with Gasteiger partial charge >= 0.3 is 0 Å². The molecule has 0 aliphatic heterocycles. The first-order valence-corrected chi connectivity index (χ1v) is 7.95. The molecule has 1 fully saturated rings. The van der Waals surface area contributed by atoms with E-state index in [2.05, 4.69) is 22.3 Å². The maximum absolute atomic E-state index is 12.0. The molecule has 1 aromatic carbocycles. The van der Waals surface area contributed by atoms with Crippen molar-refractivity contribution < 1.29 is 9.90 Å². The average molecular weight is 290 g/mol. The SMILES string of the molecule is O=C(CN(CCO)C1CCCC1)NCCc1ccccc1. The Hall–Kier alpha value is -1.39. The lowest BCUT2D eigenvalue weighted by Crippen LogP contribution is -2.43. The predicted octanol–water partition coefficient (Wildman–Crippen LogP) is 1.58. The second kappa shape index (κ2) is 8.80. The van der Waals surface area contributed by atoms with Gasteiger partial charge in [0.2, 0.25) is 5.91 Å². The van der Waals surface area contributed by atoms with Gasteiger partial charge in [-0.05, 0) is 24.8 Å². The van der Waals surface area contributed by atoms with Crippen LogP contribution >= 0.6 is 0 Å². The second-order valence-corrected chi connectivity index (χ2v) is 5.72. The van der Waals surface area contributed by atoms with Crippen molar-refractivity contribution in [1.82, 2.24) is 10.2 Å². The number of nitrogens with zero attached hydrogens (tertiary/aromatic N) is 1. The lowest BCUT2D eigenvalue weighted by Gasteiger charge is -2.27. The Morgan fingerprint density at radius 1 is 1.24 bits per heavy atom. The first-order chi connectivity index (χ1) is 10.3. The van der Waals surface area contributed by atoms with Gasteiger partial charge in [-0.15, -0.1) is 0 Å². The van der Waals surface area contributed by atoms with E-state index in [1.54, 1.807) is 0 Å². The first-order valence-electron chi connectivity index (χ1n) is 7.95. The van der Waals surface area contributed by atoms with Gasteiger partial charge in [0, 0.05) is 19.1 Å². The van der Waals surface area contributed by atoms with Crippen molar-refractivity contribution in [3.8, 4) is 0 Å². The topological polar surface area (TPSA) is 52.6 Å². The summed E-state index contributed by atoms with van der Waals surface area (Å²) in [6.07, 6.45) is 5.63. The van der Waals surface area contributed by atoms with Gasteiger partial charge < -0.3 is 10.4 Å². The van der Waals surface area contributed by atoms with Crippen LogP contribution in [0.3, 0.4) is 0 Å². The Bertz CT molecular complexity index is 416. The first kappa shape index (κ1) is 16.0. The number of hydrogen-bond donors (Lipinski definition) is 2. The molecule has 0 unspecified atom stereocenters. The average Bonchev–Trinajstić information content (AvgIpc) is 3.02. The van der Waals surface area contributed by atoms with Crippen LogP contribution < -0.4 is 5.32 Å². The molecule has 4 heteroatoms. The number of nitrogens with one attached hydrogen (secondary N) is 1. The van der Waals surface area contributed by atoms with Gasteiger partial charge in [-0.3, -0.25) is 9.69 Å². The zero-order chi connectivity index (χ0) is 14.9. The number of hydrogen-bond acceptors (Lipinski definition) is 3. The molecular weight excluding hydrogens is 264 g/mol. The van der Waals surface area contributed by atoms with Crippen LogP contribution in [-0.4, -0.2) is 48.2 Å². The molecule has 116 valence electrons. The highest BCUT2D eigenvalue weighted by Crippen LogP contribution is 2.22. The third-order valence-corrected chi connectivity index (χ3v) is 4.15. The van der Waals surface area contributed by atoms with Gasteiger partial charge in [0.1, 0.15) is 0 Å². The second-order valence-electron chi connectivity index (χ2n) is 5.72. The molecule has 0 heterocycles. The van der Waals surface area contributed by atoms with Crippen LogP contribution in [0.1, 0.15) is 31.2 Å². The summed E-state index contributed by atoms with van der Waals surface area (Å²) in [5.41, 5.74) is 1.24. The molecule has 0 spiro atoms. The summed E-state index contributed by atoms with van der Waals surface area (Å²) < 4.78 is 0. The summed E-state index contributed by atoms with van der Waals surface area (Å²) in [5, 5.41) is 12.1. The fraction of sp³-hybridized carbons (Fsp3) is 0.588. The highest BCUT2D eigenvalue weighted by molar-refractivity contribution is 5.78. The molecule has 21 heavy (non-hydrogen) atoms. The van der Waals surface area contributed by atoms with Crippen LogP contribution in [0, 0.1) is 0 Å². The monoisotopic (exact) mass is 290 g/mol. The van der Waals surface area contributed by atoms with Crippen LogP contribution in [0.25, 0.3) is 0 Å². The molecule has 1 saturated carbocycles. The third-order valence-electron chi connectivity index (χ3n) is 4.15. The zero-order valence-corrected chi connectivity index (χ0v) is 12.6. The minimum absolute atomic E-state index is 0.0614. The third kappa shape index (κ3) is 5.48. The predicted molar refractivity (Wildman–Crippen MR) is 84.1 cm³/mol. The van der Waals surface area contributed by atoms with Crippen LogP contribution in [-0.2, 0) is 11.2 Å². The molecule has 0 saturated heterocycles. The lowest BCUT2D eigenvalue weighted by molar-refractivity contribution is -0.122. The normalized spacial score (nSPS) is 15.5. The van der Waals surface area contributed by atoms with Gasteiger partial charge in [-0.1, -0.05) is 43.2 Å². The number of benzene rings is 1. The number of aliphatic hydroxyl groups is 1. The number of aliphatic hydroxyl groups excluding tert-OH is 1. The summed E-state index contributed by atoms with van der Waals surface area (Å²) >= 11 is 0. The van der Waals surface area contributed by atoms with E-state index in [9.17, 15) is 4.79 Å². The van der Waals surface area contributed by atoms with Gasteiger partial charge in [0.25, 0.3) is 0 Å². The minimum Gasteiger partial charge on any atom is -0.395 e.